The predicted octanol–water partition coefficient (Wildman–Crippen LogP) is 3.17. The molecule has 1 heteroatoms. The molecule has 1 atom stereocenters. The summed E-state index contributed by atoms with van der Waals surface area (Å²) in [5.41, 5.74) is 2.66. The Morgan fingerprint density at radius 3 is 2.60 bits per heavy atom. The van der Waals surface area contributed by atoms with Crippen molar-refractivity contribution in [2.24, 2.45) is 0 Å². The van der Waals surface area contributed by atoms with Crippen LogP contribution in [0.15, 0.2) is 42.5 Å². The maximum atomic E-state index is 3.99. The molecule has 0 saturated heterocycles. The Morgan fingerprint density at radius 2 is 2.00 bits per heavy atom. The van der Waals surface area contributed by atoms with Gasteiger partial charge in [-0.25, -0.2) is 0 Å². The minimum absolute atomic E-state index is 0.510. The molecule has 0 aliphatic carbocycles. The first-order valence-electron chi connectivity index (χ1n) is 5.66. The van der Waals surface area contributed by atoms with E-state index in [0.29, 0.717) is 6.04 Å². The Balaban J connectivity index is 2.30. The fourth-order valence-electron chi connectivity index (χ4n) is 1.48. The molecule has 1 aromatic rings. The van der Waals surface area contributed by atoms with Gasteiger partial charge in [0.15, 0.2) is 0 Å². The van der Waals surface area contributed by atoms with Crippen LogP contribution in [0.4, 0.5) is 0 Å². The van der Waals surface area contributed by atoms with Crippen LogP contribution in [0.5, 0.6) is 0 Å². The zero-order valence-electron chi connectivity index (χ0n) is 9.79. The van der Waals surface area contributed by atoms with Crippen molar-refractivity contribution >= 4 is 0 Å². The number of rotatable bonds is 6. The van der Waals surface area contributed by atoms with Crippen molar-refractivity contribution in [3.8, 4) is 0 Å². The quantitative estimate of drug-likeness (QED) is 0.700. The van der Waals surface area contributed by atoms with Crippen LogP contribution in [0, 0.1) is 0 Å². The van der Waals surface area contributed by atoms with Crippen LogP contribution in [-0.4, -0.2) is 12.6 Å². The van der Waals surface area contributed by atoms with Crippen LogP contribution in [0.2, 0.25) is 0 Å². The van der Waals surface area contributed by atoms with Gasteiger partial charge < -0.3 is 5.32 Å². The standard InChI is InChI=1S/C14H21N/c1-4-12(2)11-15-13(3)10-14-8-6-5-7-9-14/h5-9,13,15H,2,4,10-11H2,1,3H3. The van der Waals surface area contributed by atoms with E-state index in [1.807, 2.05) is 0 Å². The van der Waals surface area contributed by atoms with E-state index in [-0.39, 0.29) is 0 Å². The SMILES string of the molecule is C=C(CC)CNC(C)Cc1ccccc1. The third kappa shape index (κ3) is 4.80. The zero-order chi connectivity index (χ0) is 11.1. The van der Waals surface area contributed by atoms with Crippen molar-refractivity contribution in [2.75, 3.05) is 6.54 Å². The largest absolute Gasteiger partial charge is 0.310 e. The van der Waals surface area contributed by atoms with Gasteiger partial charge in [-0.05, 0) is 25.3 Å². The van der Waals surface area contributed by atoms with E-state index in [4.69, 9.17) is 0 Å². The normalized spacial score (nSPS) is 12.4. The molecular weight excluding hydrogens is 182 g/mol. The molecule has 0 amide bonds. The summed E-state index contributed by atoms with van der Waals surface area (Å²) in [6.45, 7) is 9.29. The third-order valence-corrected chi connectivity index (χ3v) is 2.59. The van der Waals surface area contributed by atoms with Crippen LogP contribution in [0.3, 0.4) is 0 Å². The number of benzene rings is 1. The van der Waals surface area contributed by atoms with Gasteiger partial charge in [-0.15, -0.1) is 0 Å². The lowest BCUT2D eigenvalue weighted by Gasteiger charge is -2.14. The zero-order valence-corrected chi connectivity index (χ0v) is 9.79. The highest BCUT2D eigenvalue weighted by molar-refractivity contribution is 5.15. The summed E-state index contributed by atoms with van der Waals surface area (Å²) < 4.78 is 0. The first-order chi connectivity index (χ1) is 7.22. The summed E-state index contributed by atoms with van der Waals surface area (Å²) in [6.07, 6.45) is 2.14. The van der Waals surface area contributed by atoms with Gasteiger partial charge in [0.2, 0.25) is 0 Å². The van der Waals surface area contributed by atoms with Gasteiger partial charge in [0.25, 0.3) is 0 Å². The van der Waals surface area contributed by atoms with Crippen molar-refractivity contribution in [1.82, 2.24) is 5.32 Å². The van der Waals surface area contributed by atoms with Crippen molar-refractivity contribution < 1.29 is 0 Å². The highest BCUT2D eigenvalue weighted by Gasteiger charge is 2.02. The molecule has 1 unspecified atom stereocenters. The second-order valence-corrected chi connectivity index (χ2v) is 4.08. The topological polar surface area (TPSA) is 12.0 Å². The molecule has 1 aromatic carbocycles. The maximum absolute atomic E-state index is 3.99. The minimum Gasteiger partial charge on any atom is -0.310 e. The van der Waals surface area contributed by atoms with E-state index in [9.17, 15) is 0 Å². The summed E-state index contributed by atoms with van der Waals surface area (Å²) in [5, 5.41) is 3.48. The lowest BCUT2D eigenvalue weighted by molar-refractivity contribution is 0.569. The van der Waals surface area contributed by atoms with Crippen LogP contribution < -0.4 is 5.32 Å². The lowest BCUT2D eigenvalue weighted by Crippen LogP contribution is -2.29. The number of hydrogen-bond donors (Lipinski definition) is 1. The molecule has 0 saturated carbocycles. The van der Waals surface area contributed by atoms with E-state index < -0.39 is 0 Å². The van der Waals surface area contributed by atoms with E-state index in [2.05, 4.69) is 56.1 Å². The van der Waals surface area contributed by atoms with Crippen LogP contribution in [0.1, 0.15) is 25.8 Å². The third-order valence-electron chi connectivity index (χ3n) is 2.59. The first-order valence-corrected chi connectivity index (χ1v) is 5.66. The first kappa shape index (κ1) is 12.0. The van der Waals surface area contributed by atoms with Crippen LogP contribution in [0.25, 0.3) is 0 Å². The molecule has 1 rings (SSSR count). The van der Waals surface area contributed by atoms with Gasteiger partial charge >= 0.3 is 0 Å². The Kier molecular flexibility index (Phi) is 5.13. The summed E-state index contributed by atoms with van der Waals surface area (Å²) in [5.74, 6) is 0. The average Bonchev–Trinajstić information content (AvgIpc) is 2.27. The molecule has 82 valence electrons. The van der Waals surface area contributed by atoms with E-state index in [0.717, 1.165) is 19.4 Å². The molecule has 0 aromatic heterocycles. The Morgan fingerprint density at radius 1 is 1.33 bits per heavy atom. The molecule has 1 nitrogen and oxygen atoms in total. The fraction of sp³-hybridized carbons (Fsp3) is 0.429. The smallest absolute Gasteiger partial charge is 0.0164 e. The van der Waals surface area contributed by atoms with E-state index in [1.165, 1.54) is 11.1 Å². The number of nitrogens with one attached hydrogen (secondary N) is 1. The number of hydrogen-bond acceptors (Lipinski definition) is 1. The monoisotopic (exact) mass is 203 g/mol. The molecule has 0 aliphatic heterocycles. The van der Waals surface area contributed by atoms with Crippen molar-refractivity contribution in [1.29, 1.82) is 0 Å². The molecule has 0 aliphatic rings. The molecule has 0 bridgehead atoms. The van der Waals surface area contributed by atoms with Crippen LogP contribution >= 0.6 is 0 Å². The molecule has 0 fully saturated rings. The van der Waals surface area contributed by atoms with Crippen molar-refractivity contribution in [3.63, 3.8) is 0 Å². The maximum Gasteiger partial charge on any atom is 0.0164 e. The van der Waals surface area contributed by atoms with E-state index in [1.54, 1.807) is 0 Å². The summed E-state index contributed by atoms with van der Waals surface area (Å²) in [4.78, 5) is 0. The molecule has 0 spiro atoms. The summed E-state index contributed by atoms with van der Waals surface area (Å²) in [7, 11) is 0. The van der Waals surface area contributed by atoms with Gasteiger partial charge in [0, 0.05) is 12.6 Å². The van der Waals surface area contributed by atoms with Crippen LogP contribution in [-0.2, 0) is 6.42 Å². The fourth-order valence-corrected chi connectivity index (χ4v) is 1.48. The predicted molar refractivity (Wildman–Crippen MR) is 67.0 cm³/mol. The second-order valence-electron chi connectivity index (χ2n) is 4.08. The Hall–Kier alpha value is -1.08. The lowest BCUT2D eigenvalue weighted by atomic mass is 10.1. The van der Waals surface area contributed by atoms with E-state index >= 15 is 0 Å². The summed E-state index contributed by atoms with van der Waals surface area (Å²) >= 11 is 0. The Labute approximate surface area is 93.2 Å². The molecule has 0 radical (unpaired) electrons. The van der Waals surface area contributed by atoms with Gasteiger partial charge in [-0.1, -0.05) is 49.4 Å². The average molecular weight is 203 g/mol. The highest BCUT2D eigenvalue weighted by Crippen LogP contribution is 2.03. The van der Waals surface area contributed by atoms with Gasteiger partial charge in [-0.3, -0.25) is 0 Å². The molecule has 15 heavy (non-hydrogen) atoms. The van der Waals surface area contributed by atoms with Crippen molar-refractivity contribution in [2.45, 2.75) is 32.7 Å². The van der Waals surface area contributed by atoms with Gasteiger partial charge in [0.05, 0.1) is 0 Å². The summed E-state index contributed by atoms with van der Waals surface area (Å²) in [6, 6.07) is 11.1. The molecule has 0 heterocycles. The van der Waals surface area contributed by atoms with Crippen molar-refractivity contribution in [3.05, 3.63) is 48.0 Å². The second kappa shape index (κ2) is 6.41. The highest BCUT2D eigenvalue weighted by atomic mass is 14.9. The Bertz CT molecular complexity index is 289. The van der Waals surface area contributed by atoms with Gasteiger partial charge in [-0.2, -0.15) is 0 Å². The molecular formula is C14H21N. The van der Waals surface area contributed by atoms with Gasteiger partial charge in [0.1, 0.15) is 0 Å². The molecule has 1 N–H and O–H groups in total. The minimum atomic E-state index is 0.510.